The molecule has 0 unspecified atom stereocenters. The van der Waals surface area contributed by atoms with Crippen molar-refractivity contribution in [2.75, 3.05) is 39.4 Å². The van der Waals surface area contributed by atoms with Crippen LogP contribution >= 0.6 is 0 Å². The molecule has 0 bridgehead atoms. The lowest BCUT2D eigenvalue weighted by molar-refractivity contribution is 0.0342. The third kappa shape index (κ3) is 7.10. The van der Waals surface area contributed by atoms with Gasteiger partial charge in [0.1, 0.15) is 0 Å². The Morgan fingerprint density at radius 1 is 0.704 bits per heavy atom. The lowest BCUT2D eigenvalue weighted by Gasteiger charge is -2.26. The van der Waals surface area contributed by atoms with Crippen LogP contribution in [0.3, 0.4) is 0 Å². The van der Waals surface area contributed by atoms with Gasteiger partial charge in [-0.25, -0.2) is 0 Å². The first-order valence-electron chi connectivity index (χ1n) is 10.3. The summed E-state index contributed by atoms with van der Waals surface area (Å²) < 4.78 is 5.32. The molecule has 146 valence electrons. The van der Waals surface area contributed by atoms with Gasteiger partial charge in [-0.2, -0.15) is 0 Å². The molecule has 3 heteroatoms. The number of aryl methyl sites for hydroxylation is 2. The Kier molecular flexibility index (Phi) is 7.88. The average Bonchev–Trinajstić information content (AvgIpc) is 3.16. The number of likely N-dealkylation sites (tertiary alicyclic amines) is 1. The molecule has 27 heavy (non-hydrogen) atoms. The highest BCUT2D eigenvalue weighted by atomic mass is 16.5. The Balaban J connectivity index is 0.000000156. The maximum absolute atomic E-state index is 5.32. The van der Waals surface area contributed by atoms with Crippen LogP contribution in [0.25, 0.3) is 0 Å². The zero-order chi connectivity index (χ0) is 18.9. The molecule has 0 atom stereocenters. The van der Waals surface area contributed by atoms with E-state index in [1.54, 1.807) is 0 Å². The molecule has 0 N–H and O–H groups in total. The molecule has 2 fully saturated rings. The number of nitrogens with zero attached hydrogens (tertiary/aromatic N) is 2. The summed E-state index contributed by atoms with van der Waals surface area (Å²) in [6.45, 7) is 13.0. The van der Waals surface area contributed by atoms with Crippen molar-refractivity contribution in [3.8, 4) is 0 Å². The van der Waals surface area contributed by atoms with Crippen LogP contribution in [0.15, 0.2) is 48.5 Å². The van der Waals surface area contributed by atoms with Crippen molar-refractivity contribution in [2.24, 2.45) is 0 Å². The molecule has 0 aromatic heterocycles. The molecular formula is C24H34N2O. The molecule has 2 aliphatic heterocycles. The predicted molar refractivity (Wildman–Crippen MR) is 113 cm³/mol. The minimum Gasteiger partial charge on any atom is -0.379 e. The topological polar surface area (TPSA) is 15.7 Å². The summed E-state index contributed by atoms with van der Waals surface area (Å²) in [6.07, 6.45) is 2.76. The first-order valence-corrected chi connectivity index (χ1v) is 10.3. The normalized spacial score (nSPS) is 18.1. The van der Waals surface area contributed by atoms with E-state index in [1.807, 2.05) is 0 Å². The van der Waals surface area contributed by atoms with Gasteiger partial charge in [0.25, 0.3) is 0 Å². The Morgan fingerprint density at radius 3 is 1.67 bits per heavy atom. The maximum Gasteiger partial charge on any atom is 0.0594 e. The fraction of sp³-hybridized carbons (Fsp3) is 0.500. The summed E-state index contributed by atoms with van der Waals surface area (Å²) in [7, 11) is 0. The van der Waals surface area contributed by atoms with Crippen LogP contribution in [0.1, 0.15) is 35.1 Å². The van der Waals surface area contributed by atoms with Crippen molar-refractivity contribution < 1.29 is 4.74 Å². The summed E-state index contributed by atoms with van der Waals surface area (Å²) in [5, 5.41) is 0. The first-order chi connectivity index (χ1) is 13.2. The van der Waals surface area contributed by atoms with E-state index < -0.39 is 0 Å². The van der Waals surface area contributed by atoms with Gasteiger partial charge in [-0.3, -0.25) is 9.80 Å². The van der Waals surface area contributed by atoms with E-state index in [4.69, 9.17) is 4.74 Å². The fourth-order valence-electron chi connectivity index (χ4n) is 3.84. The van der Waals surface area contributed by atoms with Crippen molar-refractivity contribution in [1.29, 1.82) is 0 Å². The summed E-state index contributed by atoms with van der Waals surface area (Å²) in [4.78, 5) is 4.98. The minimum atomic E-state index is 0.881. The largest absolute Gasteiger partial charge is 0.379 e. The van der Waals surface area contributed by atoms with Gasteiger partial charge in [-0.15, -0.1) is 0 Å². The van der Waals surface area contributed by atoms with E-state index in [1.165, 1.54) is 48.2 Å². The SMILES string of the molecule is Cc1cccc(CN2CCCC2)c1.Cc1cccc(CN2CCOCC2)c1. The van der Waals surface area contributed by atoms with Crippen LogP contribution in [0, 0.1) is 13.8 Å². The second kappa shape index (κ2) is 10.6. The lowest BCUT2D eigenvalue weighted by Crippen LogP contribution is -2.35. The smallest absolute Gasteiger partial charge is 0.0594 e. The third-order valence-electron chi connectivity index (χ3n) is 5.28. The van der Waals surface area contributed by atoms with Gasteiger partial charge in [0.05, 0.1) is 13.2 Å². The highest BCUT2D eigenvalue weighted by Gasteiger charge is 2.11. The highest BCUT2D eigenvalue weighted by molar-refractivity contribution is 5.22. The second-order valence-electron chi connectivity index (χ2n) is 7.85. The lowest BCUT2D eigenvalue weighted by atomic mass is 10.1. The van der Waals surface area contributed by atoms with Gasteiger partial charge >= 0.3 is 0 Å². The van der Waals surface area contributed by atoms with E-state index in [0.717, 1.165) is 39.4 Å². The number of hydrogen-bond acceptors (Lipinski definition) is 3. The molecule has 2 aliphatic rings. The second-order valence-corrected chi connectivity index (χ2v) is 7.85. The number of morpholine rings is 1. The van der Waals surface area contributed by atoms with Gasteiger partial charge in [-0.05, 0) is 50.9 Å². The van der Waals surface area contributed by atoms with Crippen molar-refractivity contribution in [3.05, 3.63) is 70.8 Å². The zero-order valence-corrected chi connectivity index (χ0v) is 17.0. The molecule has 3 nitrogen and oxygen atoms in total. The van der Waals surface area contributed by atoms with E-state index in [2.05, 4.69) is 72.2 Å². The van der Waals surface area contributed by atoms with Crippen LogP contribution < -0.4 is 0 Å². The van der Waals surface area contributed by atoms with Crippen molar-refractivity contribution in [3.63, 3.8) is 0 Å². The van der Waals surface area contributed by atoms with Crippen molar-refractivity contribution in [2.45, 2.75) is 39.8 Å². The molecule has 0 amide bonds. The molecule has 0 aliphatic carbocycles. The molecule has 0 spiro atoms. The summed E-state index contributed by atoms with van der Waals surface area (Å²) in [6, 6.07) is 17.6. The monoisotopic (exact) mass is 366 g/mol. The average molecular weight is 367 g/mol. The van der Waals surface area contributed by atoms with Crippen LogP contribution in [0.2, 0.25) is 0 Å². The molecule has 2 saturated heterocycles. The van der Waals surface area contributed by atoms with E-state index >= 15 is 0 Å². The summed E-state index contributed by atoms with van der Waals surface area (Å²) >= 11 is 0. The standard InChI is InChI=1S/C12H17NO.C12H17N/c1-11-3-2-4-12(9-11)10-13-5-7-14-8-6-13;1-11-5-4-6-12(9-11)10-13-7-2-3-8-13/h2-4,9H,5-8,10H2,1H3;4-6,9H,2-3,7-8,10H2,1H3. The molecule has 4 rings (SSSR count). The molecule has 2 heterocycles. The van der Waals surface area contributed by atoms with E-state index in [0.29, 0.717) is 0 Å². The highest BCUT2D eigenvalue weighted by Crippen LogP contribution is 2.13. The number of hydrogen-bond donors (Lipinski definition) is 0. The summed E-state index contributed by atoms with van der Waals surface area (Å²) in [5.41, 5.74) is 5.58. The van der Waals surface area contributed by atoms with Crippen molar-refractivity contribution >= 4 is 0 Å². The predicted octanol–water partition coefficient (Wildman–Crippen LogP) is 4.42. The molecule has 0 saturated carbocycles. The Bertz CT molecular complexity index is 688. The van der Waals surface area contributed by atoms with E-state index in [9.17, 15) is 0 Å². The third-order valence-corrected chi connectivity index (χ3v) is 5.28. The van der Waals surface area contributed by atoms with Crippen molar-refractivity contribution in [1.82, 2.24) is 9.80 Å². The van der Waals surface area contributed by atoms with Crippen LogP contribution in [-0.4, -0.2) is 49.2 Å². The van der Waals surface area contributed by atoms with Crippen LogP contribution in [0.5, 0.6) is 0 Å². The fourth-order valence-corrected chi connectivity index (χ4v) is 3.84. The molecular weight excluding hydrogens is 332 g/mol. The molecule has 2 aromatic carbocycles. The Morgan fingerprint density at radius 2 is 1.19 bits per heavy atom. The molecule has 2 aromatic rings. The summed E-state index contributed by atoms with van der Waals surface area (Å²) in [5.74, 6) is 0. The quantitative estimate of drug-likeness (QED) is 0.797. The zero-order valence-electron chi connectivity index (χ0n) is 17.0. The van der Waals surface area contributed by atoms with Gasteiger partial charge in [0.2, 0.25) is 0 Å². The number of rotatable bonds is 4. The van der Waals surface area contributed by atoms with E-state index in [-0.39, 0.29) is 0 Å². The Labute approximate surface area is 164 Å². The Hall–Kier alpha value is -1.68. The minimum absolute atomic E-state index is 0.881. The van der Waals surface area contributed by atoms with Gasteiger partial charge in [-0.1, -0.05) is 59.7 Å². The number of ether oxygens (including phenoxy) is 1. The number of benzene rings is 2. The molecule has 0 radical (unpaired) electrons. The maximum atomic E-state index is 5.32. The van der Waals surface area contributed by atoms with Gasteiger partial charge in [0.15, 0.2) is 0 Å². The van der Waals surface area contributed by atoms with Crippen LogP contribution in [0.4, 0.5) is 0 Å². The van der Waals surface area contributed by atoms with Crippen LogP contribution in [-0.2, 0) is 17.8 Å². The van der Waals surface area contributed by atoms with Gasteiger partial charge < -0.3 is 4.74 Å². The first kappa shape index (κ1) is 20.1. The van der Waals surface area contributed by atoms with Gasteiger partial charge in [0, 0.05) is 26.2 Å².